The zero-order valence-corrected chi connectivity index (χ0v) is 12.3. The largest absolute Gasteiger partial charge is 0.467 e. The first kappa shape index (κ1) is 15.3. The van der Waals surface area contributed by atoms with Crippen molar-refractivity contribution in [3.8, 4) is 0 Å². The first-order chi connectivity index (χ1) is 10.1. The Bertz CT molecular complexity index is 607. The maximum Gasteiger partial charge on any atom is 0.272 e. The minimum absolute atomic E-state index is 0.0546. The average Bonchev–Trinajstić information content (AvgIpc) is 2.90. The van der Waals surface area contributed by atoms with Crippen LogP contribution in [0.1, 0.15) is 36.3 Å². The van der Waals surface area contributed by atoms with Crippen molar-refractivity contribution in [3.05, 3.63) is 63.6 Å². The minimum Gasteiger partial charge on any atom is -0.467 e. The predicted octanol–water partition coefficient (Wildman–Crippen LogP) is 3.78. The lowest BCUT2D eigenvalue weighted by Crippen LogP contribution is -2.24. The summed E-state index contributed by atoms with van der Waals surface area (Å²) in [5.74, 6) is 0.849. The number of nitro benzene ring substituents is 1. The van der Waals surface area contributed by atoms with Crippen molar-refractivity contribution in [2.24, 2.45) is 0 Å². The van der Waals surface area contributed by atoms with Gasteiger partial charge in [0, 0.05) is 18.1 Å². The van der Waals surface area contributed by atoms with Gasteiger partial charge in [-0.15, -0.1) is 0 Å². The number of hydrogen-bond acceptors (Lipinski definition) is 4. The van der Waals surface area contributed by atoms with Crippen LogP contribution in [0.15, 0.2) is 41.0 Å². The summed E-state index contributed by atoms with van der Waals surface area (Å²) >= 11 is 0. The van der Waals surface area contributed by atoms with Gasteiger partial charge in [-0.3, -0.25) is 10.1 Å². The van der Waals surface area contributed by atoms with E-state index in [2.05, 4.69) is 12.2 Å². The normalized spacial score (nSPS) is 12.3. The summed E-state index contributed by atoms with van der Waals surface area (Å²) in [6.07, 6.45) is 3.18. The highest BCUT2D eigenvalue weighted by atomic mass is 16.6. The second-order valence-corrected chi connectivity index (χ2v) is 5.06. The zero-order valence-electron chi connectivity index (χ0n) is 12.3. The van der Waals surface area contributed by atoms with Crippen LogP contribution in [0.3, 0.4) is 0 Å². The Labute approximate surface area is 124 Å². The van der Waals surface area contributed by atoms with Crippen LogP contribution < -0.4 is 5.32 Å². The molecule has 1 heterocycles. The number of benzene rings is 1. The molecule has 1 aromatic carbocycles. The third-order valence-corrected chi connectivity index (χ3v) is 3.47. The molecule has 1 N–H and O–H groups in total. The number of hydrogen-bond donors (Lipinski definition) is 1. The van der Waals surface area contributed by atoms with Gasteiger partial charge in [-0.25, -0.2) is 0 Å². The summed E-state index contributed by atoms with van der Waals surface area (Å²) in [6, 6.07) is 8.72. The summed E-state index contributed by atoms with van der Waals surface area (Å²) < 4.78 is 5.56. The van der Waals surface area contributed by atoms with E-state index in [1.54, 1.807) is 24.5 Å². The molecule has 1 atom stereocenters. The summed E-state index contributed by atoms with van der Waals surface area (Å²) in [4.78, 5) is 10.8. The van der Waals surface area contributed by atoms with E-state index in [1.165, 1.54) is 0 Å². The first-order valence-electron chi connectivity index (χ1n) is 7.13. The molecule has 1 unspecified atom stereocenters. The molecule has 0 saturated heterocycles. The van der Waals surface area contributed by atoms with Gasteiger partial charge < -0.3 is 9.73 Å². The lowest BCUT2D eigenvalue weighted by Gasteiger charge is -2.17. The molecule has 0 aliphatic carbocycles. The van der Waals surface area contributed by atoms with E-state index < -0.39 is 0 Å². The molecule has 0 aliphatic rings. The van der Waals surface area contributed by atoms with Crippen molar-refractivity contribution in [1.82, 2.24) is 5.32 Å². The van der Waals surface area contributed by atoms with Crippen LogP contribution in [-0.4, -0.2) is 11.5 Å². The van der Waals surface area contributed by atoms with Crippen molar-refractivity contribution in [2.75, 3.05) is 6.54 Å². The van der Waals surface area contributed by atoms with Gasteiger partial charge in [0.1, 0.15) is 5.76 Å². The quantitative estimate of drug-likeness (QED) is 0.622. The van der Waals surface area contributed by atoms with E-state index in [4.69, 9.17) is 4.42 Å². The molecule has 0 spiro atoms. The Balaban J connectivity index is 2.27. The molecule has 0 saturated carbocycles. The fraction of sp³-hybridized carbons (Fsp3) is 0.375. The van der Waals surface area contributed by atoms with Crippen molar-refractivity contribution in [1.29, 1.82) is 0 Å². The van der Waals surface area contributed by atoms with Gasteiger partial charge in [0.05, 0.1) is 17.2 Å². The van der Waals surface area contributed by atoms with Crippen LogP contribution in [0, 0.1) is 17.0 Å². The van der Waals surface area contributed by atoms with Gasteiger partial charge in [-0.05, 0) is 31.5 Å². The fourth-order valence-corrected chi connectivity index (χ4v) is 2.40. The minimum atomic E-state index is -0.332. The monoisotopic (exact) mass is 288 g/mol. The molecule has 0 bridgehead atoms. The van der Waals surface area contributed by atoms with Crippen molar-refractivity contribution in [3.63, 3.8) is 0 Å². The van der Waals surface area contributed by atoms with E-state index in [0.717, 1.165) is 24.3 Å². The molecule has 0 amide bonds. The molecule has 0 aliphatic heterocycles. The number of aryl methyl sites for hydroxylation is 1. The van der Waals surface area contributed by atoms with Gasteiger partial charge in [0.25, 0.3) is 5.69 Å². The van der Waals surface area contributed by atoms with Gasteiger partial charge in [0.15, 0.2) is 0 Å². The third kappa shape index (κ3) is 3.70. The van der Waals surface area contributed by atoms with Crippen LogP contribution in [0.25, 0.3) is 0 Å². The standard InChI is InChI=1S/C16H20N2O3/c1-3-9-17-14(16-12(2)8-10-21-16)11-13-6-4-5-7-15(13)18(19)20/h4-8,10,14,17H,3,9,11H2,1-2H3. The SMILES string of the molecule is CCCNC(Cc1ccccc1[N+](=O)[O-])c1occc1C. The summed E-state index contributed by atoms with van der Waals surface area (Å²) in [5, 5.41) is 14.5. The number of rotatable bonds is 7. The number of nitrogens with zero attached hydrogens (tertiary/aromatic N) is 1. The highest BCUT2D eigenvalue weighted by Gasteiger charge is 2.21. The highest BCUT2D eigenvalue weighted by molar-refractivity contribution is 5.41. The molecule has 21 heavy (non-hydrogen) atoms. The van der Waals surface area contributed by atoms with Crippen molar-refractivity contribution in [2.45, 2.75) is 32.7 Å². The lowest BCUT2D eigenvalue weighted by atomic mass is 10.0. The highest BCUT2D eigenvalue weighted by Crippen LogP contribution is 2.27. The van der Waals surface area contributed by atoms with Gasteiger partial charge in [0.2, 0.25) is 0 Å². The summed E-state index contributed by atoms with van der Waals surface area (Å²) in [7, 11) is 0. The van der Waals surface area contributed by atoms with Crippen LogP contribution in [-0.2, 0) is 6.42 Å². The Morgan fingerprint density at radius 3 is 2.71 bits per heavy atom. The molecular weight excluding hydrogens is 268 g/mol. The second kappa shape index (κ2) is 7.04. The molecule has 2 aromatic rings. The van der Waals surface area contributed by atoms with Gasteiger partial charge in [-0.1, -0.05) is 25.1 Å². The number of nitrogens with one attached hydrogen (secondary N) is 1. The fourth-order valence-electron chi connectivity index (χ4n) is 2.40. The molecule has 0 radical (unpaired) electrons. The zero-order chi connectivity index (χ0) is 15.2. The van der Waals surface area contributed by atoms with Gasteiger partial charge in [-0.2, -0.15) is 0 Å². The lowest BCUT2D eigenvalue weighted by molar-refractivity contribution is -0.385. The van der Waals surface area contributed by atoms with Crippen LogP contribution in [0.5, 0.6) is 0 Å². The molecule has 1 aromatic heterocycles. The predicted molar refractivity (Wildman–Crippen MR) is 81.3 cm³/mol. The number of nitro groups is 1. The maximum atomic E-state index is 11.1. The van der Waals surface area contributed by atoms with E-state index in [9.17, 15) is 10.1 Å². The molecule has 5 nitrogen and oxygen atoms in total. The first-order valence-corrected chi connectivity index (χ1v) is 7.13. The molecule has 112 valence electrons. The van der Waals surface area contributed by atoms with Crippen molar-refractivity contribution >= 4 is 5.69 Å². The van der Waals surface area contributed by atoms with E-state index in [-0.39, 0.29) is 16.7 Å². The average molecular weight is 288 g/mol. The van der Waals surface area contributed by atoms with E-state index in [1.807, 2.05) is 19.1 Å². The third-order valence-electron chi connectivity index (χ3n) is 3.47. The molecule has 0 fully saturated rings. The summed E-state index contributed by atoms with van der Waals surface area (Å²) in [6.45, 7) is 4.91. The van der Waals surface area contributed by atoms with Gasteiger partial charge >= 0.3 is 0 Å². The molecule has 5 heteroatoms. The summed E-state index contributed by atoms with van der Waals surface area (Å²) in [5.41, 5.74) is 1.93. The number of para-hydroxylation sites is 1. The Morgan fingerprint density at radius 1 is 1.33 bits per heavy atom. The maximum absolute atomic E-state index is 11.1. The molecule has 2 rings (SSSR count). The van der Waals surface area contributed by atoms with Crippen molar-refractivity contribution < 1.29 is 9.34 Å². The Kier molecular flexibility index (Phi) is 5.11. The smallest absolute Gasteiger partial charge is 0.272 e. The Morgan fingerprint density at radius 2 is 2.10 bits per heavy atom. The van der Waals surface area contributed by atoms with E-state index in [0.29, 0.717) is 12.0 Å². The topological polar surface area (TPSA) is 68.3 Å². The van der Waals surface area contributed by atoms with Crippen LogP contribution >= 0.6 is 0 Å². The number of furan rings is 1. The Hall–Kier alpha value is -2.14. The van der Waals surface area contributed by atoms with Crippen LogP contribution in [0.4, 0.5) is 5.69 Å². The second-order valence-electron chi connectivity index (χ2n) is 5.06. The van der Waals surface area contributed by atoms with Crippen LogP contribution in [0.2, 0.25) is 0 Å². The molecular formula is C16H20N2O3. The van der Waals surface area contributed by atoms with E-state index >= 15 is 0 Å².